The number of carbonyl (C=O) groups excluding carboxylic acids is 1. The molecule has 1 aromatic rings. The molecule has 2 N–H and O–H groups in total. The number of nitrogens with one attached hydrogen (secondary N) is 2. The minimum absolute atomic E-state index is 0.191. The molecule has 0 aromatic heterocycles. The Bertz CT molecular complexity index is 522. The molecule has 1 aliphatic heterocycles. The largest absolute Gasteiger partial charge is 0.367 e. The van der Waals surface area contributed by atoms with Crippen molar-refractivity contribution in [2.24, 2.45) is 0 Å². The van der Waals surface area contributed by atoms with Crippen LogP contribution in [0.2, 0.25) is 0 Å². The van der Waals surface area contributed by atoms with Crippen molar-refractivity contribution in [3.63, 3.8) is 0 Å². The van der Waals surface area contributed by atoms with Gasteiger partial charge in [0, 0.05) is 11.9 Å². The normalized spacial score (nSPS) is 15.1. The lowest BCUT2D eigenvalue weighted by Crippen LogP contribution is -2.34. The predicted molar refractivity (Wildman–Crippen MR) is 55.5 cm³/mol. The van der Waals surface area contributed by atoms with Crippen LogP contribution in [-0.2, 0) is 9.84 Å². The van der Waals surface area contributed by atoms with E-state index in [9.17, 15) is 13.2 Å². The van der Waals surface area contributed by atoms with Gasteiger partial charge in [-0.3, -0.25) is 4.79 Å². The zero-order valence-electron chi connectivity index (χ0n) is 8.07. The Kier molecular flexibility index (Phi) is 2.15. The molecule has 1 aromatic carbocycles. The number of anilines is 1. The summed E-state index contributed by atoms with van der Waals surface area (Å²) < 4.78 is 22.5. The summed E-state index contributed by atoms with van der Waals surface area (Å²) in [6.07, 6.45) is 1.14. The third kappa shape index (κ3) is 1.80. The van der Waals surface area contributed by atoms with Gasteiger partial charge >= 0.3 is 0 Å². The van der Waals surface area contributed by atoms with E-state index in [2.05, 4.69) is 10.6 Å². The molecule has 0 aliphatic carbocycles. The van der Waals surface area contributed by atoms with E-state index in [0.717, 1.165) is 6.26 Å². The van der Waals surface area contributed by atoms with Crippen molar-refractivity contribution in [2.45, 2.75) is 4.90 Å². The van der Waals surface area contributed by atoms with Gasteiger partial charge in [-0.2, -0.15) is 0 Å². The van der Waals surface area contributed by atoms with Crippen molar-refractivity contribution in [1.82, 2.24) is 5.32 Å². The van der Waals surface area contributed by atoms with Crippen molar-refractivity contribution in [2.75, 3.05) is 18.2 Å². The number of benzene rings is 1. The molecular weight excluding hydrogens is 216 g/mol. The summed E-state index contributed by atoms with van der Waals surface area (Å²) in [5, 5.41) is 5.51. The number of hydrogen-bond acceptors (Lipinski definition) is 4. The fraction of sp³-hybridized carbons (Fsp3) is 0.222. The standard InChI is InChI=1S/C9H10N2O3S/c1-15(13,14)6-2-3-7-8(4-6)10-5-11-9(7)12/h2-4,10H,5H2,1H3,(H,11,12). The van der Waals surface area contributed by atoms with Gasteiger partial charge in [0.15, 0.2) is 9.84 Å². The molecule has 80 valence electrons. The monoisotopic (exact) mass is 226 g/mol. The van der Waals surface area contributed by atoms with E-state index < -0.39 is 9.84 Å². The van der Waals surface area contributed by atoms with Crippen molar-refractivity contribution < 1.29 is 13.2 Å². The highest BCUT2D eigenvalue weighted by Crippen LogP contribution is 2.22. The molecule has 0 radical (unpaired) electrons. The van der Waals surface area contributed by atoms with Crippen LogP contribution in [0, 0.1) is 0 Å². The lowest BCUT2D eigenvalue weighted by atomic mass is 10.1. The molecule has 0 bridgehead atoms. The number of rotatable bonds is 1. The van der Waals surface area contributed by atoms with Gasteiger partial charge in [-0.15, -0.1) is 0 Å². The summed E-state index contributed by atoms with van der Waals surface area (Å²) in [6, 6.07) is 4.41. The molecule has 0 saturated carbocycles. The van der Waals surface area contributed by atoms with Crippen LogP contribution in [0.4, 0.5) is 5.69 Å². The summed E-state index contributed by atoms with van der Waals surface area (Å²) in [7, 11) is -3.23. The minimum atomic E-state index is -3.23. The molecular formula is C9H10N2O3S. The zero-order chi connectivity index (χ0) is 11.1. The first-order chi connectivity index (χ1) is 6.98. The number of fused-ring (bicyclic) bond motifs is 1. The Morgan fingerprint density at radius 1 is 1.27 bits per heavy atom. The van der Waals surface area contributed by atoms with Crippen LogP contribution in [0.3, 0.4) is 0 Å². The van der Waals surface area contributed by atoms with Gasteiger partial charge in [-0.1, -0.05) is 0 Å². The Hall–Kier alpha value is -1.56. The molecule has 6 heteroatoms. The first-order valence-corrected chi connectivity index (χ1v) is 6.24. The first-order valence-electron chi connectivity index (χ1n) is 4.34. The van der Waals surface area contributed by atoms with E-state index in [-0.39, 0.29) is 10.8 Å². The zero-order valence-corrected chi connectivity index (χ0v) is 8.89. The fourth-order valence-electron chi connectivity index (χ4n) is 1.41. The van der Waals surface area contributed by atoms with Crippen LogP contribution in [0.15, 0.2) is 23.1 Å². The maximum atomic E-state index is 11.3. The molecule has 2 rings (SSSR count). The number of sulfone groups is 1. The van der Waals surface area contributed by atoms with Crippen molar-refractivity contribution in [3.8, 4) is 0 Å². The van der Waals surface area contributed by atoms with E-state index in [0.29, 0.717) is 17.9 Å². The smallest absolute Gasteiger partial charge is 0.254 e. The van der Waals surface area contributed by atoms with Crippen LogP contribution < -0.4 is 10.6 Å². The molecule has 0 saturated heterocycles. The molecule has 1 amide bonds. The van der Waals surface area contributed by atoms with Gasteiger partial charge in [0.1, 0.15) is 0 Å². The first kappa shape index (κ1) is 9.97. The molecule has 15 heavy (non-hydrogen) atoms. The third-order valence-corrected chi connectivity index (χ3v) is 3.30. The Labute approximate surface area is 87.4 Å². The summed E-state index contributed by atoms with van der Waals surface area (Å²) in [5.74, 6) is -0.191. The molecule has 1 heterocycles. The SMILES string of the molecule is CS(=O)(=O)c1ccc2c(c1)NCNC2=O. The third-order valence-electron chi connectivity index (χ3n) is 2.19. The molecule has 0 fully saturated rings. The van der Waals surface area contributed by atoms with Crippen molar-refractivity contribution >= 4 is 21.4 Å². The molecule has 0 atom stereocenters. The van der Waals surface area contributed by atoms with E-state index >= 15 is 0 Å². The van der Waals surface area contributed by atoms with Gasteiger partial charge in [-0.05, 0) is 18.2 Å². The second-order valence-electron chi connectivity index (χ2n) is 3.34. The van der Waals surface area contributed by atoms with Crippen molar-refractivity contribution in [1.29, 1.82) is 0 Å². The lowest BCUT2D eigenvalue weighted by Gasteiger charge is -2.18. The van der Waals surface area contributed by atoms with Gasteiger partial charge in [0.2, 0.25) is 0 Å². The van der Waals surface area contributed by atoms with Gasteiger partial charge < -0.3 is 10.6 Å². The van der Waals surface area contributed by atoms with E-state index in [1.54, 1.807) is 0 Å². The number of carbonyl (C=O) groups is 1. The topological polar surface area (TPSA) is 75.3 Å². The van der Waals surface area contributed by atoms with Crippen molar-refractivity contribution in [3.05, 3.63) is 23.8 Å². The van der Waals surface area contributed by atoms with E-state index in [1.807, 2.05) is 0 Å². The van der Waals surface area contributed by atoms with Gasteiger partial charge in [-0.25, -0.2) is 8.42 Å². The second-order valence-corrected chi connectivity index (χ2v) is 5.35. The van der Waals surface area contributed by atoms with Crippen LogP contribution in [0.25, 0.3) is 0 Å². The predicted octanol–water partition coefficient (Wildman–Crippen LogP) is 0.203. The van der Waals surface area contributed by atoms with Crippen LogP contribution in [0.5, 0.6) is 0 Å². The highest BCUT2D eigenvalue weighted by Gasteiger charge is 2.18. The molecule has 1 aliphatic rings. The fourth-order valence-corrected chi connectivity index (χ4v) is 2.06. The number of amides is 1. The average Bonchev–Trinajstić information content (AvgIpc) is 2.16. The van der Waals surface area contributed by atoms with E-state index in [1.165, 1.54) is 18.2 Å². The minimum Gasteiger partial charge on any atom is -0.367 e. The van der Waals surface area contributed by atoms with E-state index in [4.69, 9.17) is 0 Å². The summed E-state index contributed by atoms with van der Waals surface area (Å²) in [6.45, 7) is 0.319. The maximum Gasteiger partial charge on any atom is 0.254 e. The maximum absolute atomic E-state index is 11.3. The quantitative estimate of drug-likeness (QED) is 0.717. The average molecular weight is 226 g/mol. The Morgan fingerprint density at radius 2 is 2.00 bits per heavy atom. The summed E-state index contributed by atoms with van der Waals surface area (Å²) in [5.41, 5.74) is 1.02. The van der Waals surface area contributed by atoms with Crippen LogP contribution >= 0.6 is 0 Å². The summed E-state index contributed by atoms with van der Waals surface area (Å²) in [4.78, 5) is 11.6. The Balaban J connectivity index is 2.56. The van der Waals surface area contributed by atoms with Gasteiger partial charge in [0.25, 0.3) is 5.91 Å². The Morgan fingerprint density at radius 3 is 2.67 bits per heavy atom. The lowest BCUT2D eigenvalue weighted by molar-refractivity contribution is 0.0952. The highest BCUT2D eigenvalue weighted by molar-refractivity contribution is 7.90. The van der Waals surface area contributed by atoms with Gasteiger partial charge in [0.05, 0.1) is 17.1 Å². The molecule has 5 nitrogen and oxygen atoms in total. The van der Waals surface area contributed by atoms with Crippen LogP contribution in [-0.4, -0.2) is 27.2 Å². The highest BCUT2D eigenvalue weighted by atomic mass is 32.2. The second kappa shape index (κ2) is 3.23. The summed E-state index contributed by atoms with van der Waals surface area (Å²) >= 11 is 0. The number of hydrogen-bond donors (Lipinski definition) is 2. The molecule has 0 spiro atoms. The molecule has 0 unspecified atom stereocenters. The van der Waals surface area contributed by atoms with Crippen LogP contribution in [0.1, 0.15) is 10.4 Å².